The Hall–Kier alpha value is -1.32. The quantitative estimate of drug-likeness (QED) is 0.899. The molecule has 1 aromatic rings. The minimum Gasteiger partial charge on any atom is -0.352 e. The van der Waals surface area contributed by atoms with Gasteiger partial charge in [0.15, 0.2) is 0 Å². The van der Waals surface area contributed by atoms with E-state index in [-0.39, 0.29) is 5.91 Å². The summed E-state index contributed by atoms with van der Waals surface area (Å²) in [5.74, 6) is 1.42. The molecule has 1 heterocycles. The van der Waals surface area contributed by atoms with Gasteiger partial charge in [-0.1, -0.05) is 39.0 Å². The molecule has 1 amide bonds. The van der Waals surface area contributed by atoms with Gasteiger partial charge in [0.05, 0.1) is 5.69 Å². The molecule has 0 unspecified atom stereocenters. The largest absolute Gasteiger partial charge is 0.352 e. The molecule has 1 saturated carbocycles. The highest BCUT2D eigenvalue weighted by Crippen LogP contribution is 2.31. The van der Waals surface area contributed by atoms with Gasteiger partial charge in [-0.05, 0) is 18.8 Å². The van der Waals surface area contributed by atoms with Gasteiger partial charge in [-0.15, -0.1) is 0 Å². The molecule has 1 atom stereocenters. The van der Waals surface area contributed by atoms with E-state index in [1.807, 2.05) is 20.2 Å². The molecule has 0 spiro atoms. The zero-order valence-corrected chi connectivity index (χ0v) is 13.0. The smallest absolute Gasteiger partial charge is 0.220 e. The molecule has 1 N–H and O–H groups in total. The second-order valence-electron chi connectivity index (χ2n) is 6.27. The van der Waals surface area contributed by atoms with Gasteiger partial charge >= 0.3 is 0 Å². The van der Waals surface area contributed by atoms with Crippen LogP contribution in [0.5, 0.6) is 0 Å². The number of hydrogen-bond donors (Lipinski definition) is 1. The van der Waals surface area contributed by atoms with Gasteiger partial charge in [-0.3, -0.25) is 9.48 Å². The second kappa shape index (κ2) is 6.91. The van der Waals surface area contributed by atoms with Gasteiger partial charge in [-0.2, -0.15) is 5.10 Å². The minimum absolute atomic E-state index is 0.173. The number of aromatic nitrogens is 2. The van der Waals surface area contributed by atoms with Gasteiger partial charge in [-0.25, -0.2) is 0 Å². The first-order chi connectivity index (χ1) is 9.56. The summed E-state index contributed by atoms with van der Waals surface area (Å²) in [6.45, 7) is 4.80. The summed E-state index contributed by atoms with van der Waals surface area (Å²) in [5, 5.41) is 7.32. The molecule has 20 heavy (non-hydrogen) atoms. The van der Waals surface area contributed by atoms with E-state index in [2.05, 4.69) is 17.3 Å². The maximum atomic E-state index is 12.0. The summed E-state index contributed by atoms with van der Waals surface area (Å²) in [5.41, 5.74) is 2.10. The molecule has 1 aromatic heterocycles. The van der Waals surface area contributed by atoms with Crippen LogP contribution >= 0.6 is 0 Å². The van der Waals surface area contributed by atoms with Crippen molar-refractivity contribution in [2.24, 2.45) is 18.9 Å². The lowest BCUT2D eigenvalue weighted by Crippen LogP contribution is -2.27. The summed E-state index contributed by atoms with van der Waals surface area (Å²) >= 11 is 0. The zero-order chi connectivity index (χ0) is 14.5. The molecule has 1 fully saturated rings. The number of hydrogen-bond acceptors (Lipinski definition) is 2. The average Bonchev–Trinajstić information content (AvgIpc) is 2.75. The van der Waals surface area contributed by atoms with Crippen LogP contribution in [-0.2, 0) is 18.4 Å². The Morgan fingerprint density at radius 2 is 2.15 bits per heavy atom. The summed E-state index contributed by atoms with van der Waals surface area (Å²) in [6.07, 6.45) is 9.28. The molecule has 1 aliphatic carbocycles. The lowest BCUT2D eigenvalue weighted by Gasteiger charge is -2.27. The zero-order valence-electron chi connectivity index (χ0n) is 13.0. The number of amides is 1. The van der Waals surface area contributed by atoms with Crippen molar-refractivity contribution >= 4 is 5.91 Å². The number of carbonyl (C=O) groups excluding carboxylic acids is 1. The van der Waals surface area contributed by atoms with Crippen molar-refractivity contribution in [3.63, 3.8) is 0 Å². The molecular formula is C16H27N3O. The van der Waals surface area contributed by atoms with Gasteiger partial charge in [0.25, 0.3) is 0 Å². The highest BCUT2D eigenvalue weighted by molar-refractivity contribution is 5.76. The second-order valence-corrected chi connectivity index (χ2v) is 6.27. The van der Waals surface area contributed by atoms with Gasteiger partial charge < -0.3 is 5.32 Å². The monoisotopic (exact) mass is 277 g/mol. The highest BCUT2D eigenvalue weighted by atomic mass is 16.1. The number of nitrogens with zero attached hydrogens (tertiary/aromatic N) is 2. The van der Waals surface area contributed by atoms with Gasteiger partial charge in [0.1, 0.15) is 0 Å². The molecule has 112 valence electrons. The topological polar surface area (TPSA) is 46.9 Å². The van der Waals surface area contributed by atoms with E-state index >= 15 is 0 Å². The molecule has 2 rings (SSSR count). The van der Waals surface area contributed by atoms with E-state index in [1.165, 1.54) is 32.1 Å². The van der Waals surface area contributed by atoms with Crippen molar-refractivity contribution < 1.29 is 4.79 Å². The van der Waals surface area contributed by atoms with Crippen LogP contribution in [0, 0.1) is 18.8 Å². The van der Waals surface area contributed by atoms with E-state index in [9.17, 15) is 4.79 Å². The van der Waals surface area contributed by atoms with E-state index in [4.69, 9.17) is 0 Å². The van der Waals surface area contributed by atoms with Crippen LogP contribution in [0.3, 0.4) is 0 Å². The Kier molecular flexibility index (Phi) is 5.21. The third kappa shape index (κ3) is 4.09. The predicted molar refractivity (Wildman–Crippen MR) is 80.1 cm³/mol. The van der Waals surface area contributed by atoms with Crippen LogP contribution in [0.25, 0.3) is 0 Å². The first-order valence-corrected chi connectivity index (χ1v) is 7.82. The fraction of sp³-hybridized carbons (Fsp3) is 0.750. The number of nitrogens with one attached hydrogen (secondary N) is 1. The van der Waals surface area contributed by atoms with E-state index in [0.29, 0.717) is 18.9 Å². The Morgan fingerprint density at radius 3 is 2.75 bits per heavy atom. The van der Waals surface area contributed by atoms with Crippen LogP contribution in [0.15, 0.2) is 6.20 Å². The lowest BCUT2D eigenvalue weighted by molar-refractivity contribution is -0.122. The molecule has 0 aliphatic heterocycles. The maximum absolute atomic E-state index is 12.0. The third-order valence-corrected chi connectivity index (χ3v) is 4.55. The summed E-state index contributed by atoms with van der Waals surface area (Å²) in [7, 11) is 1.91. The van der Waals surface area contributed by atoms with Crippen molar-refractivity contribution in [2.45, 2.75) is 58.9 Å². The number of rotatable bonds is 5. The van der Waals surface area contributed by atoms with E-state index in [0.717, 1.165) is 17.2 Å². The maximum Gasteiger partial charge on any atom is 0.220 e. The highest BCUT2D eigenvalue weighted by Gasteiger charge is 2.22. The Labute approximate surface area is 121 Å². The summed E-state index contributed by atoms with van der Waals surface area (Å²) in [6, 6.07) is 0. The molecule has 0 radical (unpaired) electrons. The summed E-state index contributed by atoms with van der Waals surface area (Å²) < 4.78 is 1.79. The molecule has 4 heteroatoms. The number of carbonyl (C=O) groups is 1. The van der Waals surface area contributed by atoms with Crippen LogP contribution in [0.2, 0.25) is 0 Å². The number of aryl methyl sites for hydroxylation is 2. The Bertz CT molecular complexity index is 447. The van der Waals surface area contributed by atoms with E-state index in [1.54, 1.807) is 4.68 Å². The van der Waals surface area contributed by atoms with Crippen molar-refractivity contribution in [1.29, 1.82) is 0 Å². The Morgan fingerprint density at radius 1 is 1.45 bits per heavy atom. The molecule has 0 saturated heterocycles. The van der Waals surface area contributed by atoms with Crippen LogP contribution in [-0.4, -0.2) is 15.7 Å². The minimum atomic E-state index is 0.173. The molecule has 0 bridgehead atoms. The van der Waals surface area contributed by atoms with Gasteiger partial charge in [0.2, 0.25) is 5.91 Å². The Balaban J connectivity index is 1.76. The SMILES string of the molecule is Cc1nn(C)cc1CNC(=O)C[C@@H](C)C1CCCCC1. The molecular weight excluding hydrogens is 250 g/mol. The summed E-state index contributed by atoms with van der Waals surface area (Å²) in [4.78, 5) is 12.0. The van der Waals surface area contributed by atoms with Crippen molar-refractivity contribution in [1.82, 2.24) is 15.1 Å². The van der Waals surface area contributed by atoms with Gasteiger partial charge in [0, 0.05) is 31.8 Å². The molecule has 0 aromatic carbocycles. The fourth-order valence-electron chi connectivity index (χ4n) is 3.25. The fourth-order valence-corrected chi connectivity index (χ4v) is 3.25. The first-order valence-electron chi connectivity index (χ1n) is 7.82. The third-order valence-electron chi connectivity index (χ3n) is 4.55. The first kappa shape index (κ1) is 15.1. The van der Waals surface area contributed by atoms with Crippen molar-refractivity contribution in [2.75, 3.05) is 0 Å². The average molecular weight is 277 g/mol. The normalized spacial score (nSPS) is 17.9. The molecule has 4 nitrogen and oxygen atoms in total. The van der Waals surface area contributed by atoms with E-state index < -0.39 is 0 Å². The predicted octanol–water partition coefficient (Wildman–Crippen LogP) is 2.95. The molecule has 1 aliphatic rings. The van der Waals surface area contributed by atoms with Crippen LogP contribution in [0.4, 0.5) is 0 Å². The van der Waals surface area contributed by atoms with Crippen molar-refractivity contribution in [3.8, 4) is 0 Å². The van der Waals surface area contributed by atoms with Crippen LogP contribution < -0.4 is 5.32 Å². The standard InChI is InChI=1S/C16H27N3O/c1-12(14-7-5-4-6-8-14)9-16(20)17-10-15-11-19(3)18-13(15)2/h11-12,14H,4-10H2,1-3H3,(H,17,20)/t12-/m1/s1. The lowest BCUT2D eigenvalue weighted by atomic mass is 9.79. The van der Waals surface area contributed by atoms with Crippen molar-refractivity contribution in [3.05, 3.63) is 17.5 Å². The van der Waals surface area contributed by atoms with Crippen LogP contribution in [0.1, 0.15) is 56.7 Å².